The molecular weight excluding hydrogens is 472 g/mol. The molecule has 2 heterocycles. The average Bonchev–Trinajstić information content (AvgIpc) is 2.81. The predicted octanol–water partition coefficient (Wildman–Crippen LogP) is 5.73. The molecule has 0 aliphatic carbocycles. The number of nitrogens with zero attached hydrogens (tertiary/aromatic N) is 1. The van der Waals surface area contributed by atoms with Gasteiger partial charge in [-0.05, 0) is 48.9 Å². The van der Waals surface area contributed by atoms with E-state index in [1.165, 1.54) is 36.0 Å². The molecule has 0 saturated heterocycles. The van der Waals surface area contributed by atoms with Gasteiger partial charge in [0.2, 0.25) is 0 Å². The number of thioether (sulfide) groups is 1. The number of benzene rings is 2. The number of alkyl carbamates (subject to hydrolysis) is 1. The first-order chi connectivity index (χ1) is 15.9. The summed E-state index contributed by atoms with van der Waals surface area (Å²) in [6, 6.07) is 11.0. The standard InChI is InChI=1S/C23H18ClF2N3O3S/c24-16-11-13(4-6-17(16)25)28-22(30)15-5-7-18(26)20-19(8-10-33-21(15)20)29-23(31)32-12-14-3-1-2-9-27-14/h1-7,9,11,19H,8,10,12H2,(H,28,30)(H,29,31)/t19-/m1/s1. The molecule has 1 aliphatic rings. The van der Waals surface area contributed by atoms with Crippen molar-refractivity contribution in [1.82, 2.24) is 10.3 Å². The number of fused-ring (bicyclic) bond motifs is 1. The van der Waals surface area contributed by atoms with E-state index < -0.39 is 29.7 Å². The minimum Gasteiger partial charge on any atom is -0.443 e. The lowest BCUT2D eigenvalue weighted by molar-refractivity contribution is 0.102. The van der Waals surface area contributed by atoms with Crippen LogP contribution in [0, 0.1) is 11.6 Å². The van der Waals surface area contributed by atoms with Crippen molar-refractivity contribution in [2.45, 2.75) is 24.0 Å². The van der Waals surface area contributed by atoms with Crippen LogP contribution in [-0.4, -0.2) is 22.7 Å². The maximum atomic E-state index is 14.8. The highest BCUT2D eigenvalue weighted by Gasteiger charge is 2.30. The van der Waals surface area contributed by atoms with E-state index in [4.69, 9.17) is 16.3 Å². The first-order valence-electron chi connectivity index (χ1n) is 9.97. The Morgan fingerprint density at radius 1 is 1.15 bits per heavy atom. The Kier molecular flexibility index (Phi) is 7.10. The number of pyridine rings is 1. The summed E-state index contributed by atoms with van der Waals surface area (Å²) in [4.78, 5) is 29.7. The molecule has 0 fully saturated rings. The van der Waals surface area contributed by atoms with Crippen LogP contribution in [0.25, 0.3) is 0 Å². The molecule has 0 bridgehead atoms. The van der Waals surface area contributed by atoms with Crippen LogP contribution in [0.2, 0.25) is 5.02 Å². The predicted molar refractivity (Wildman–Crippen MR) is 121 cm³/mol. The molecule has 0 saturated carbocycles. The van der Waals surface area contributed by atoms with E-state index >= 15 is 0 Å². The average molecular weight is 490 g/mol. The lowest BCUT2D eigenvalue weighted by atomic mass is 9.99. The number of amides is 2. The number of hydrogen-bond donors (Lipinski definition) is 2. The van der Waals surface area contributed by atoms with Crippen molar-refractivity contribution in [3.8, 4) is 0 Å². The van der Waals surface area contributed by atoms with Crippen molar-refractivity contribution in [2.75, 3.05) is 11.1 Å². The van der Waals surface area contributed by atoms with E-state index in [1.807, 2.05) is 0 Å². The summed E-state index contributed by atoms with van der Waals surface area (Å²) < 4.78 is 33.4. The van der Waals surface area contributed by atoms with Crippen LogP contribution in [0.5, 0.6) is 0 Å². The first-order valence-corrected chi connectivity index (χ1v) is 11.3. The third kappa shape index (κ3) is 5.43. The summed E-state index contributed by atoms with van der Waals surface area (Å²) in [6.45, 7) is -0.0217. The molecule has 0 unspecified atom stereocenters. The minimum absolute atomic E-state index is 0.0217. The summed E-state index contributed by atoms with van der Waals surface area (Å²) in [5.74, 6) is -1.08. The Morgan fingerprint density at radius 2 is 1.97 bits per heavy atom. The largest absolute Gasteiger partial charge is 0.443 e. The molecule has 2 aromatic carbocycles. The van der Waals surface area contributed by atoms with Gasteiger partial charge in [-0.1, -0.05) is 17.7 Å². The van der Waals surface area contributed by atoms with Gasteiger partial charge in [-0.25, -0.2) is 13.6 Å². The van der Waals surface area contributed by atoms with E-state index in [2.05, 4.69) is 15.6 Å². The Bertz CT molecular complexity index is 1200. The molecule has 1 atom stereocenters. The van der Waals surface area contributed by atoms with Crippen molar-refractivity contribution < 1.29 is 23.1 Å². The number of hydrogen-bond acceptors (Lipinski definition) is 5. The minimum atomic E-state index is -0.710. The van der Waals surface area contributed by atoms with Gasteiger partial charge in [-0.15, -0.1) is 11.8 Å². The molecule has 10 heteroatoms. The van der Waals surface area contributed by atoms with Gasteiger partial charge in [0.05, 0.1) is 22.3 Å². The van der Waals surface area contributed by atoms with Gasteiger partial charge in [0, 0.05) is 28.1 Å². The summed E-state index contributed by atoms with van der Waals surface area (Å²) in [5.41, 5.74) is 1.35. The molecule has 0 spiro atoms. The lowest BCUT2D eigenvalue weighted by Crippen LogP contribution is -2.32. The molecule has 2 N–H and O–H groups in total. The second kappa shape index (κ2) is 10.2. The van der Waals surface area contributed by atoms with E-state index in [1.54, 1.807) is 24.4 Å². The fourth-order valence-corrected chi connectivity index (χ4v) is 4.83. The fourth-order valence-electron chi connectivity index (χ4n) is 3.38. The monoisotopic (exact) mass is 489 g/mol. The number of aromatic nitrogens is 1. The van der Waals surface area contributed by atoms with Crippen LogP contribution < -0.4 is 10.6 Å². The second-order valence-corrected chi connectivity index (χ2v) is 8.66. The van der Waals surface area contributed by atoms with Crippen molar-refractivity contribution in [2.24, 2.45) is 0 Å². The molecule has 1 aliphatic heterocycles. The molecule has 1 aromatic heterocycles. The lowest BCUT2D eigenvalue weighted by Gasteiger charge is -2.27. The Morgan fingerprint density at radius 3 is 2.73 bits per heavy atom. The number of ether oxygens (including phenoxy) is 1. The van der Waals surface area contributed by atoms with E-state index in [0.717, 1.165) is 6.07 Å². The summed E-state index contributed by atoms with van der Waals surface area (Å²) in [7, 11) is 0. The van der Waals surface area contributed by atoms with Crippen LogP contribution >= 0.6 is 23.4 Å². The van der Waals surface area contributed by atoms with Gasteiger partial charge in [-0.3, -0.25) is 9.78 Å². The number of carbonyl (C=O) groups excluding carboxylic acids is 2. The number of rotatable bonds is 5. The fraction of sp³-hybridized carbons (Fsp3) is 0.174. The highest BCUT2D eigenvalue weighted by atomic mass is 35.5. The Balaban J connectivity index is 1.51. The van der Waals surface area contributed by atoms with Crippen LogP contribution in [0.3, 0.4) is 0 Å². The molecular formula is C23H18ClF2N3O3S. The molecule has 0 radical (unpaired) electrons. The number of halogens is 3. The quantitative estimate of drug-likeness (QED) is 0.478. The van der Waals surface area contributed by atoms with Gasteiger partial charge < -0.3 is 15.4 Å². The molecule has 4 rings (SSSR count). The van der Waals surface area contributed by atoms with E-state index in [9.17, 15) is 18.4 Å². The zero-order chi connectivity index (χ0) is 23.4. The van der Waals surface area contributed by atoms with Crippen LogP contribution in [0.1, 0.15) is 34.1 Å². The van der Waals surface area contributed by atoms with Crippen molar-refractivity contribution in [3.05, 3.63) is 88.2 Å². The van der Waals surface area contributed by atoms with Crippen molar-refractivity contribution >= 4 is 41.1 Å². The van der Waals surface area contributed by atoms with Gasteiger partial charge in [0.1, 0.15) is 18.2 Å². The molecule has 3 aromatic rings. The van der Waals surface area contributed by atoms with Crippen molar-refractivity contribution in [3.63, 3.8) is 0 Å². The van der Waals surface area contributed by atoms with Gasteiger partial charge >= 0.3 is 6.09 Å². The van der Waals surface area contributed by atoms with Crippen LogP contribution in [0.15, 0.2) is 59.6 Å². The van der Waals surface area contributed by atoms with Crippen molar-refractivity contribution in [1.29, 1.82) is 0 Å². The van der Waals surface area contributed by atoms with Crippen LogP contribution in [0.4, 0.5) is 19.3 Å². The smallest absolute Gasteiger partial charge is 0.408 e. The van der Waals surface area contributed by atoms with E-state index in [-0.39, 0.29) is 22.8 Å². The van der Waals surface area contributed by atoms with Gasteiger partial charge in [-0.2, -0.15) is 0 Å². The zero-order valence-electron chi connectivity index (χ0n) is 17.1. The summed E-state index contributed by atoms with van der Waals surface area (Å²) >= 11 is 7.10. The summed E-state index contributed by atoms with van der Waals surface area (Å²) in [5, 5.41) is 5.20. The SMILES string of the molecule is O=C(N[C@@H]1CCSc2c(C(=O)Nc3ccc(F)c(Cl)c3)ccc(F)c21)OCc1ccccn1. The number of carbonyl (C=O) groups is 2. The third-order valence-electron chi connectivity index (χ3n) is 4.94. The molecule has 33 heavy (non-hydrogen) atoms. The molecule has 170 valence electrons. The topological polar surface area (TPSA) is 80.3 Å². The third-order valence-corrected chi connectivity index (χ3v) is 6.39. The van der Waals surface area contributed by atoms with Gasteiger partial charge in [0.25, 0.3) is 5.91 Å². The Labute approximate surface area is 197 Å². The van der Waals surface area contributed by atoms with Gasteiger partial charge in [0.15, 0.2) is 0 Å². The number of anilines is 1. The maximum Gasteiger partial charge on any atom is 0.408 e. The zero-order valence-corrected chi connectivity index (χ0v) is 18.7. The normalized spacial score (nSPS) is 14.8. The highest BCUT2D eigenvalue weighted by Crippen LogP contribution is 2.40. The van der Waals surface area contributed by atoms with E-state index in [0.29, 0.717) is 28.5 Å². The molecule has 6 nitrogen and oxygen atoms in total. The molecule has 2 amide bonds. The van der Waals surface area contributed by atoms with Crippen LogP contribution in [-0.2, 0) is 11.3 Å². The number of nitrogens with one attached hydrogen (secondary N) is 2. The highest BCUT2D eigenvalue weighted by molar-refractivity contribution is 7.99. The summed E-state index contributed by atoms with van der Waals surface area (Å²) in [6.07, 6.45) is 1.34. The maximum absolute atomic E-state index is 14.8. The first kappa shape index (κ1) is 23.0. The second-order valence-electron chi connectivity index (χ2n) is 7.15. The Hall–Kier alpha value is -3.17.